The molecule has 0 saturated heterocycles. The largest absolute Gasteiger partial charge is 0.374 e. The quantitative estimate of drug-likeness (QED) is 0.642. The summed E-state index contributed by atoms with van der Waals surface area (Å²) in [4.78, 5) is 20.9. The van der Waals surface area contributed by atoms with Crippen molar-refractivity contribution >= 4 is 17.1 Å². The van der Waals surface area contributed by atoms with Crippen LogP contribution >= 0.6 is 0 Å². The zero-order valence-corrected chi connectivity index (χ0v) is 10.5. The lowest BCUT2D eigenvalue weighted by molar-refractivity contribution is -0.392. The maximum Gasteiger partial charge on any atom is 0.302 e. The Balaban J connectivity index is 3.52. The van der Waals surface area contributed by atoms with Crippen molar-refractivity contribution in [1.29, 1.82) is 0 Å². The molecule has 7 heteroatoms. The van der Waals surface area contributed by atoms with Gasteiger partial charge in [-0.3, -0.25) is 20.2 Å². The van der Waals surface area contributed by atoms with Gasteiger partial charge in [-0.25, -0.2) is 0 Å². The lowest BCUT2D eigenvalue weighted by Crippen LogP contribution is -2.08. The fraction of sp³-hybridized carbons (Fsp3) is 0.455. The van der Waals surface area contributed by atoms with Gasteiger partial charge >= 0.3 is 5.69 Å². The predicted octanol–water partition coefficient (Wildman–Crippen LogP) is 2.94. The highest BCUT2D eigenvalue weighted by Gasteiger charge is 2.28. The van der Waals surface area contributed by atoms with Crippen LogP contribution in [0.5, 0.6) is 0 Å². The van der Waals surface area contributed by atoms with Gasteiger partial charge in [0.1, 0.15) is 0 Å². The van der Waals surface area contributed by atoms with Crippen molar-refractivity contribution in [1.82, 2.24) is 0 Å². The van der Waals surface area contributed by atoms with E-state index in [0.717, 1.165) is 6.42 Å². The molecular formula is C11H15N3O4. The van der Waals surface area contributed by atoms with Gasteiger partial charge in [0, 0.05) is 18.2 Å². The number of nitro benzene ring substituents is 2. The normalized spacial score (nSPS) is 10.2. The highest BCUT2D eigenvalue weighted by molar-refractivity contribution is 5.77. The Labute approximate surface area is 104 Å². The molecule has 0 saturated carbocycles. The molecule has 18 heavy (non-hydrogen) atoms. The van der Waals surface area contributed by atoms with E-state index in [1.54, 1.807) is 13.8 Å². The van der Waals surface area contributed by atoms with Crippen LogP contribution in [0.15, 0.2) is 6.07 Å². The molecule has 0 aliphatic heterocycles. The van der Waals surface area contributed by atoms with Crippen LogP contribution in [0.4, 0.5) is 17.1 Å². The minimum Gasteiger partial charge on any atom is -0.374 e. The second-order valence-electron chi connectivity index (χ2n) is 4.00. The highest BCUT2D eigenvalue weighted by Crippen LogP contribution is 2.38. The lowest BCUT2D eigenvalue weighted by Gasteiger charge is -2.10. The molecule has 0 aliphatic rings. The minimum absolute atomic E-state index is 0.00468. The van der Waals surface area contributed by atoms with Crippen molar-refractivity contribution in [2.45, 2.75) is 27.2 Å². The standard InChI is InChI=1S/C11H15N3O4/c1-4-5-12-10-9(13(15)16)6-7(2)8(3)11(10)14(17)18/h6,12H,4-5H2,1-3H3. The van der Waals surface area contributed by atoms with Gasteiger partial charge in [-0.2, -0.15) is 0 Å². The summed E-state index contributed by atoms with van der Waals surface area (Å²) in [5, 5.41) is 24.8. The van der Waals surface area contributed by atoms with E-state index < -0.39 is 9.85 Å². The third-order valence-corrected chi connectivity index (χ3v) is 2.72. The highest BCUT2D eigenvalue weighted by atomic mass is 16.6. The molecule has 0 fully saturated rings. The first kappa shape index (κ1) is 13.9. The predicted molar refractivity (Wildman–Crippen MR) is 68.0 cm³/mol. The molecule has 98 valence electrons. The lowest BCUT2D eigenvalue weighted by atomic mass is 10.0. The molecule has 0 bridgehead atoms. The number of nitrogens with one attached hydrogen (secondary N) is 1. The van der Waals surface area contributed by atoms with Crippen LogP contribution in [0.2, 0.25) is 0 Å². The molecule has 0 spiro atoms. The van der Waals surface area contributed by atoms with Crippen molar-refractivity contribution in [2.24, 2.45) is 0 Å². The van der Waals surface area contributed by atoms with Crippen LogP contribution in [0.3, 0.4) is 0 Å². The van der Waals surface area contributed by atoms with Crippen molar-refractivity contribution in [3.05, 3.63) is 37.4 Å². The Morgan fingerprint density at radius 1 is 1.22 bits per heavy atom. The Morgan fingerprint density at radius 3 is 2.28 bits per heavy atom. The summed E-state index contributed by atoms with van der Waals surface area (Å²) in [6.07, 6.45) is 0.723. The number of nitrogens with zero attached hydrogens (tertiary/aromatic N) is 2. The number of hydrogen-bond acceptors (Lipinski definition) is 5. The van der Waals surface area contributed by atoms with Gasteiger partial charge in [0.2, 0.25) is 0 Å². The first-order valence-electron chi connectivity index (χ1n) is 5.57. The topological polar surface area (TPSA) is 98.3 Å². The maximum atomic E-state index is 11.1. The molecular weight excluding hydrogens is 238 g/mol. The first-order valence-corrected chi connectivity index (χ1v) is 5.57. The van der Waals surface area contributed by atoms with E-state index in [1.807, 2.05) is 6.92 Å². The fourth-order valence-corrected chi connectivity index (χ4v) is 1.68. The second-order valence-corrected chi connectivity index (χ2v) is 4.00. The van der Waals surface area contributed by atoms with E-state index in [1.165, 1.54) is 6.07 Å². The molecule has 0 atom stereocenters. The molecule has 1 N–H and O–H groups in total. The zero-order chi connectivity index (χ0) is 13.9. The maximum absolute atomic E-state index is 11.1. The molecule has 0 aromatic heterocycles. The van der Waals surface area contributed by atoms with E-state index in [2.05, 4.69) is 5.32 Å². The average molecular weight is 253 g/mol. The molecule has 1 rings (SSSR count). The summed E-state index contributed by atoms with van der Waals surface area (Å²) in [5.41, 5.74) is 0.517. The number of hydrogen-bond donors (Lipinski definition) is 1. The zero-order valence-electron chi connectivity index (χ0n) is 10.5. The van der Waals surface area contributed by atoms with E-state index in [9.17, 15) is 20.2 Å². The fourth-order valence-electron chi connectivity index (χ4n) is 1.68. The van der Waals surface area contributed by atoms with Crippen LogP contribution in [0.25, 0.3) is 0 Å². The Morgan fingerprint density at radius 2 is 1.83 bits per heavy atom. The number of rotatable bonds is 5. The van der Waals surface area contributed by atoms with Gasteiger partial charge in [0.05, 0.1) is 9.85 Å². The van der Waals surface area contributed by atoms with Crippen molar-refractivity contribution < 1.29 is 9.85 Å². The van der Waals surface area contributed by atoms with E-state index in [-0.39, 0.29) is 17.1 Å². The van der Waals surface area contributed by atoms with Gasteiger partial charge in [0.25, 0.3) is 5.69 Å². The molecule has 0 amide bonds. The Bertz CT molecular complexity index is 500. The van der Waals surface area contributed by atoms with Gasteiger partial charge in [-0.15, -0.1) is 0 Å². The SMILES string of the molecule is CCCNc1c([N+](=O)[O-])cc(C)c(C)c1[N+](=O)[O-]. The summed E-state index contributed by atoms with van der Waals surface area (Å²) >= 11 is 0. The molecule has 0 aliphatic carbocycles. The smallest absolute Gasteiger partial charge is 0.302 e. The Kier molecular flexibility index (Phi) is 4.19. The summed E-state index contributed by atoms with van der Waals surface area (Å²) in [5.74, 6) is 0. The summed E-state index contributed by atoms with van der Waals surface area (Å²) < 4.78 is 0. The number of anilines is 1. The average Bonchev–Trinajstić information content (AvgIpc) is 2.29. The summed E-state index contributed by atoms with van der Waals surface area (Å²) in [6, 6.07) is 1.36. The van der Waals surface area contributed by atoms with E-state index in [0.29, 0.717) is 17.7 Å². The summed E-state index contributed by atoms with van der Waals surface area (Å²) in [7, 11) is 0. The van der Waals surface area contributed by atoms with Crippen LogP contribution in [-0.2, 0) is 0 Å². The monoisotopic (exact) mass is 253 g/mol. The van der Waals surface area contributed by atoms with Gasteiger partial charge in [-0.05, 0) is 25.8 Å². The number of benzene rings is 1. The van der Waals surface area contributed by atoms with Crippen LogP contribution in [0.1, 0.15) is 24.5 Å². The third kappa shape index (κ3) is 2.55. The molecule has 1 aromatic rings. The van der Waals surface area contributed by atoms with Crippen molar-refractivity contribution in [2.75, 3.05) is 11.9 Å². The molecule has 7 nitrogen and oxygen atoms in total. The van der Waals surface area contributed by atoms with Crippen LogP contribution < -0.4 is 5.32 Å². The van der Waals surface area contributed by atoms with E-state index >= 15 is 0 Å². The number of aryl methyl sites for hydroxylation is 1. The minimum atomic E-state index is -0.600. The molecule has 0 unspecified atom stereocenters. The molecule has 0 radical (unpaired) electrons. The van der Waals surface area contributed by atoms with Crippen molar-refractivity contribution in [3.8, 4) is 0 Å². The summed E-state index contributed by atoms with van der Waals surface area (Å²) in [6.45, 7) is 5.54. The molecule has 0 heterocycles. The van der Waals surface area contributed by atoms with E-state index in [4.69, 9.17) is 0 Å². The number of nitro groups is 2. The van der Waals surface area contributed by atoms with Gasteiger partial charge in [0.15, 0.2) is 5.69 Å². The van der Waals surface area contributed by atoms with Crippen LogP contribution in [0, 0.1) is 34.1 Å². The Hall–Kier alpha value is -2.18. The van der Waals surface area contributed by atoms with Gasteiger partial charge < -0.3 is 5.32 Å². The second kappa shape index (κ2) is 5.44. The van der Waals surface area contributed by atoms with Crippen molar-refractivity contribution in [3.63, 3.8) is 0 Å². The first-order chi connectivity index (χ1) is 8.40. The van der Waals surface area contributed by atoms with Crippen LogP contribution in [-0.4, -0.2) is 16.4 Å². The third-order valence-electron chi connectivity index (χ3n) is 2.72. The van der Waals surface area contributed by atoms with Gasteiger partial charge in [-0.1, -0.05) is 6.92 Å². The molecule has 1 aromatic carbocycles.